The lowest BCUT2D eigenvalue weighted by Gasteiger charge is -2.32. The molecule has 1 saturated heterocycles. The molecule has 1 amide bonds. The van der Waals surface area contributed by atoms with Gasteiger partial charge in [0.2, 0.25) is 0 Å². The molecule has 0 saturated carbocycles. The largest absolute Gasteiger partial charge is 0.497 e. The molecule has 5 heteroatoms. The molecule has 2 aromatic carbocycles. The van der Waals surface area contributed by atoms with Crippen molar-refractivity contribution in [2.75, 3.05) is 33.3 Å². The summed E-state index contributed by atoms with van der Waals surface area (Å²) in [5, 5.41) is 0. The van der Waals surface area contributed by atoms with Crippen molar-refractivity contribution in [2.45, 2.75) is 6.54 Å². The molecule has 0 aliphatic carbocycles. The summed E-state index contributed by atoms with van der Waals surface area (Å²) in [6.45, 7) is 3.96. The zero-order valence-corrected chi connectivity index (χ0v) is 13.8. The quantitative estimate of drug-likeness (QED) is 0.919. The Kier molecular flexibility index (Phi) is 5.11. The Balaban J connectivity index is 1.55. The molecule has 4 nitrogen and oxygen atoms in total. The van der Waals surface area contributed by atoms with Gasteiger partial charge in [0.15, 0.2) is 0 Å². The number of amides is 1. The van der Waals surface area contributed by atoms with E-state index in [2.05, 4.69) is 12.1 Å². The van der Waals surface area contributed by atoms with Gasteiger partial charge in [-0.05, 0) is 36.4 Å². The van der Waals surface area contributed by atoms with Crippen LogP contribution in [0.2, 0.25) is 0 Å². The smallest absolute Gasteiger partial charge is 0.257 e. The fraction of sp³-hybridized carbons (Fsp3) is 0.316. The highest BCUT2D eigenvalue weighted by molar-refractivity contribution is 5.94. The van der Waals surface area contributed by atoms with Crippen LogP contribution in [0.5, 0.6) is 5.75 Å². The summed E-state index contributed by atoms with van der Waals surface area (Å²) in [6.07, 6.45) is 0. The number of rotatable bonds is 4. The fourth-order valence-electron chi connectivity index (χ4n) is 3.04. The number of nitrogens with zero attached hydrogens (tertiary/aromatic N) is 1. The van der Waals surface area contributed by atoms with Crippen LogP contribution in [0, 0.1) is 5.82 Å². The number of nitrogens with one attached hydrogen (secondary N) is 1. The van der Waals surface area contributed by atoms with Gasteiger partial charge in [-0.2, -0.15) is 0 Å². The Labute approximate surface area is 141 Å². The third kappa shape index (κ3) is 3.74. The first-order valence-electron chi connectivity index (χ1n) is 8.17. The van der Waals surface area contributed by atoms with Gasteiger partial charge < -0.3 is 14.5 Å². The maximum Gasteiger partial charge on any atom is 0.257 e. The van der Waals surface area contributed by atoms with Crippen molar-refractivity contribution in [1.82, 2.24) is 4.90 Å². The van der Waals surface area contributed by atoms with E-state index in [1.54, 1.807) is 30.2 Å². The second kappa shape index (κ2) is 7.45. The topological polar surface area (TPSA) is 34.0 Å². The van der Waals surface area contributed by atoms with Crippen molar-refractivity contribution in [2.24, 2.45) is 0 Å². The third-order valence-corrected chi connectivity index (χ3v) is 4.48. The van der Waals surface area contributed by atoms with E-state index in [4.69, 9.17) is 4.74 Å². The van der Waals surface area contributed by atoms with E-state index in [1.165, 1.54) is 16.5 Å². The van der Waals surface area contributed by atoms with Crippen LogP contribution in [0.25, 0.3) is 0 Å². The van der Waals surface area contributed by atoms with Crippen LogP contribution in [-0.4, -0.2) is 44.1 Å². The Hall–Kier alpha value is -2.40. The van der Waals surface area contributed by atoms with E-state index >= 15 is 0 Å². The van der Waals surface area contributed by atoms with Crippen LogP contribution >= 0.6 is 0 Å². The van der Waals surface area contributed by atoms with Gasteiger partial charge in [0.25, 0.3) is 5.91 Å². The Bertz CT molecular complexity index is 695. The molecule has 0 bridgehead atoms. The molecule has 1 heterocycles. The molecule has 3 rings (SSSR count). The lowest BCUT2D eigenvalue weighted by Crippen LogP contribution is -3.13. The number of carbonyl (C=O) groups is 1. The molecule has 1 aliphatic heterocycles. The number of hydrogen-bond acceptors (Lipinski definition) is 2. The molecule has 24 heavy (non-hydrogen) atoms. The van der Waals surface area contributed by atoms with Crippen molar-refractivity contribution < 1.29 is 18.8 Å². The Morgan fingerprint density at radius 1 is 1.12 bits per heavy atom. The second-order valence-corrected chi connectivity index (χ2v) is 6.05. The standard InChI is InChI=1S/C19H21FN2O2/c1-24-16-8-6-15(7-9-16)14-21-10-12-22(13-11-21)19(23)17-4-2-3-5-18(17)20/h2-9H,10-14H2,1H3/p+1. The molecule has 1 aliphatic rings. The van der Waals surface area contributed by atoms with Crippen molar-refractivity contribution in [3.63, 3.8) is 0 Å². The zero-order chi connectivity index (χ0) is 16.9. The summed E-state index contributed by atoms with van der Waals surface area (Å²) in [6, 6.07) is 14.3. The molecule has 1 N–H and O–H groups in total. The first kappa shape index (κ1) is 16.5. The van der Waals surface area contributed by atoms with E-state index in [0.717, 1.165) is 25.4 Å². The Morgan fingerprint density at radius 3 is 2.42 bits per heavy atom. The average Bonchev–Trinajstić information content (AvgIpc) is 2.63. The van der Waals surface area contributed by atoms with Crippen molar-refractivity contribution >= 4 is 5.91 Å². The number of carbonyl (C=O) groups excluding carboxylic acids is 1. The molecule has 0 unspecified atom stereocenters. The monoisotopic (exact) mass is 329 g/mol. The summed E-state index contributed by atoms with van der Waals surface area (Å²) in [7, 11) is 1.66. The highest BCUT2D eigenvalue weighted by atomic mass is 19.1. The van der Waals surface area contributed by atoms with Crippen LogP contribution < -0.4 is 9.64 Å². The summed E-state index contributed by atoms with van der Waals surface area (Å²) in [5.74, 6) is 0.196. The highest BCUT2D eigenvalue weighted by Crippen LogP contribution is 2.12. The number of hydrogen-bond donors (Lipinski definition) is 1. The maximum atomic E-state index is 13.8. The van der Waals surface area contributed by atoms with Gasteiger partial charge in [0, 0.05) is 5.56 Å². The van der Waals surface area contributed by atoms with Crippen LogP contribution in [0.1, 0.15) is 15.9 Å². The molecule has 0 radical (unpaired) electrons. The molecule has 126 valence electrons. The van der Waals surface area contributed by atoms with Gasteiger partial charge in [0.1, 0.15) is 18.1 Å². The SMILES string of the molecule is COc1ccc(C[NH+]2CCN(C(=O)c3ccccc3F)CC2)cc1. The zero-order valence-electron chi connectivity index (χ0n) is 13.8. The highest BCUT2D eigenvalue weighted by Gasteiger charge is 2.25. The van der Waals surface area contributed by atoms with Crippen molar-refractivity contribution in [3.05, 3.63) is 65.5 Å². The summed E-state index contributed by atoms with van der Waals surface area (Å²) < 4.78 is 18.9. The fourth-order valence-corrected chi connectivity index (χ4v) is 3.04. The minimum absolute atomic E-state index is 0.163. The molecule has 0 atom stereocenters. The van der Waals surface area contributed by atoms with Gasteiger partial charge in [-0.1, -0.05) is 12.1 Å². The number of methoxy groups -OCH3 is 1. The van der Waals surface area contributed by atoms with Gasteiger partial charge >= 0.3 is 0 Å². The molecule has 2 aromatic rings. The maximum absolute atomic E-state index is 13.8. The van der Waals surface area contributed by atoms with E-state index in [0.29, 0.717) is 13.1 Å². The van der Waals surface area contributed by atoms with Gasteiger partial charge in [-0.15, -0.1) is 0 Å². The molecular formula is C19H22FN2O2+. The summed E-state index contributed by atoms with van der Waals surface area (Å²) in [4.78, 5) is 15.6. The number of halogens is 1. The first-order chi connectivity index (χ1) is 11.7. The lowest BCUT2D eigenvalue weighted by atomic mass is 10.1. The number of benzene rings is 2. The van der Waals surface area contributed by atoms with Crippen LogP contribution in [-0.2, 0) is 6.54 Å². The number of quaternary nitrogens is 1. The predicted molar refractivity (Wildman–Crippen MR) is 89.7 cm³/mol. The van der Waals surface area contributed by atoms with E-state index in [1.807, 2.05) is 12.1 Å². The lowest BCUT2D eigenvalue weighted by molar-refractivity contribution is -0.917. The Morgan fingerprint density at radius 2 is 1.79 bits per heavy atom. The van der Waals surface area contributed by atoms with Gasteiger partial charge in [0.05, 0.1) is 38.9 Å². The van der Waals surface area contributed by atoms with Crippen LogP contribution in [0.3, 0.4) is 0 Å². The van der Waals surface area contributed by atoms with Gasteiger partial charge in [-0.25, -0.2) is 4.39 Å². The molecule has 0 spiro atoms. The van der Waals surface area contributed by atoms with Crippen LogP contribution in [0.15, 0.2) is 48.5 Å². The molecular weight excluding hydrogens is 307 g/mol. The van der Waals surface area contributed by atoms with E-state index in [-0.39, 0.29) is 11.5 Å². The van der Waals surface area contributed by atoms with Crippen molar-refractivity contribution in [1.29, 1.82) is 0 Å². The van der Waals surface area contributed by atoms with Crippen molar-refractivity contribution in [3.8, 4) is 5.75 Å². The normalized spacial score (nSPS) is 15.3. The first-order valence-corrected chi connectivity index (χ1v) is 8.17. The summed E-state index contributed by atoms with van der Waals surface area (Å²) >= 11 is 0. The van der Waals surface area contributed by atoms with Crippen LogP contribution in [0.4, 0.5) is 4.39 Å². The second-order valence-electron chi connectivity index (χ2n) is 6.05. The molecule has 1 fully saturated rings. The average molecular weight is 329 g/mol. The predicted octanol–water partition coefficient (Wildman–Crippen LogP) is 1.38. The number of ether oxygens (including phenoxy) is 1. The number of piperazine rings is 1. The van der Waals surface area contributed by atoms with E-state index < -0.39 is 5.82 Å². The molecule has 0 aromatic heterocycles. The minimum atomic E-state index is -0.449. The van der Waals surface area contributed by atoms with E-state index in [9.17, 15) is 9.18 Å². The third-order valence-electron chi connectivity index (χ3n) is 4.48. The minimum Gasteiger partial charge on any atom is -0.497 e. The summed E-state index contributed by atoms with van der Waals surface area (Å²) in [5.41, 5.74) is 1.41. The van der Waals surface area contributed by atoms with Gasteiger partial charge in [-0.3, -0.25) is 4.79 Å².